The molecule has 3 aromatic rings. The maximum Gasteiger partial charge on any atom is 0.140 e. The lowest BCUT2D eigenvalue weighted by atomic mass is 9.87. The number of aliphatic hydroxyl groups is 1. The Morgan fingerprint density at radius 1 is 1.19 bits per heavy atom. The third-order valence-corrected chi connectivity index (χ3v) is 5.43. The first kappa shape index (κ1) is 17.9. The van der Waals surface area contributed by atoms with Gasteiger partial charge in [-0.3, -0.25) is 4.90 Å². The average Bonchev–Trinajstić information content (AvgIpc) is 3.33. The van der Waals surface area contributed by atoms with Gasteiger partial charge in [0, 0.05) is 50.1 Å². The van der Waals surface area contributed by atoms with E-state index in [0.29, 0.717) is 6.42 Å². The van der Waals surface area contributed by atoms with Crippen molar-refractivity contribution in [3.63, 3.8) is 0 Å². The van der Waals surface area contributed by atoms with Crippen molar-refractivity contribution in [3.8, 4) is 11.3 Å². The van der Waals surface area contributed by atoms with Crippen molar-refractivity contribution < 1.29 is 9.63 Å². The molecular weight excluding hydrogens is 340 g/mol. The van der Waals surface area contributed by atoms with Crippen molar-refractivity contribution in [1.82, 2.24) is 19.6 Å². The van der Waals surface area contributed by atoms with Crippen molar-refractivity contribution >= 4 is 0 Å². The normalized spacial score (nSPS) is 17.3. The first-order valence-corrected chi connectivity index (χ1v) is 9.61. The van der Waals surface area contributed by atoms with Gasteiger partial charge in [-0.15, -0.1) is 0 Å². The second-order valence-corrected chi connectivity index (χ2v) is 7.35. The summed E-state index contributed by atoms with van der Waals surface area (Å²) in [5.41, 5.74) is 1.11. The lowest BCUT2D eigenvalue weighted by Crippen LogP contribution is -2.45. The quantitative estimate of drug-likeness (QED) is 0.726. The van der Waals surface area contributed by atoms with Crippen molar-refractivity contribution in [2.24, 2.45) is 0 Å². The van der Waals surface area contributed by atoms with E-state index in [9.17, 15) is 5.11 Å². The zero-order chi connectivity index (χ0) is 18.7. The summed E-state index contributed by atoms with van der Waals surface area (Å²) in [6.45, 7) is 5.60. The number of aromatic nitrogens is 3. The number of hydrogen-bond donors (Lipinski definition) is 1. The largest absolute Gasteiger partial charge is 0.389 e. The zero-order valence-corrected chi connectivity index (χ0v) is 15.7. The molecule has 1 aromatic carbocycles. The van der Waals surface area contributed by atoms with E-state index < -0.39 is 5.60 Å². The molecule has 1 aliphatic rings. The van der Waals surface area contributed by atoms with Gasteiger partial charge in [-0.1, -0.05) is 35.5 Å². The molecule has 1 fully saturated rings. The highest BCUT2D eigenvalue weighted by molar-refractivity contribution is 5.58. The molecule has 2 aromatic heterocycles. The highest BCUT2D eigenvalue weighted by Crippen LogP contribution is 2.29. The molecule has 27 heavy (non-hydrogen) atoms. The summed E-state index contributed by atoms with van der Waals surface area (Å²) >= 11 is 0. The smallest absolute Gasteiger partial charge is 0.140 e. The van der Waals surface area contributed by atoms with E-state index in [1.165, 1.54) is 0 Å². The fourth-order valence-corrected chi connectivity index (χ4v) is 3.75. The SMILES string of the molecule is CCn1ccnc1CN1CCC(O)(Cc2cc(-c3ccccc3)no2)CC1. The lowest BCUT2D eigenvalue weighted by Gasteiger charge is -2.37. The molecule has 0 aliphatic carbocycles. The van der Waals surface area contributed by atoms with Crippen LogP contribution < -0.4 is 0 Å². The van der Waals surface area contributed by atoms with Crippen molar-refractivity contribution in [2.75, 3.05) is 13.1 Å². The molecule has 1 aliphatic heterocycles. The Labute approximate surface area is 159 Å². The molecule has 0 bridgehead atoms. The summed E-state index contributed by atoms with van der Waals surface area (Å²) in [6, 6.07) is 11.9. The number of hydrogen-bond acceptors (Lipinski definition) is 5. The van der Waals surface area contributed by atoms with E-state index in [4.69, 9.17) is 4.52 Å². The van der Waals surface area contributed by atoms with Gasteiger partial charge in [-0.25, -0.2) is 4.98 Å². The van der Waals surface area contributed by atoms with Gasteiger partial charge < -0.3 is 14.2 Å². The van der Waals surface area contributed by atoms with Crippen LogP contribution in [0.4, 0.5) is 0 Å². The van der Waals surface area contributed by atoms with Gasteiger partial charge in [0.05, 0.1) is 12.1 Å². The van der Waals surface area contributed by atoms with E-state index in [1.54, 1.807) is 0 Å². The zero-order valence-electron chi connectivity index (χ0n) is 15.7. The number of benzene rings is 1. The molecule has 0 saturated carbocycles. The number of piperidine rings is 1. The highest BCUT2D eigenvalue weighted by Gasteiger charge is 2.34. The Kier molecular flexibility index (Phi) is 5.09. The number of aryl methyl sites for hydroxylation is 1. The Morgan fingerprint density at radius 2 is 1.96 bits per heavy atom. The molecule has 1 saturated heterocycles. The molecule has 0 spiro atoms. The molecule has 6 heteroatoms. The molecule has 6 nitrogen and oxygen atoms in total. The van der Waals surface area contributed by atoms with E-state index in [-0.39, 0.29) is 0 Å². The van der Waals surface area contributed by atoms with Crippen molar-refractivity contribution in [2.45, 2.75) is 44.9 Å². The minimum Gasteiger partial charge on any atom is -0.389 e. The van der Waals surface area contributed by atoms with Crippen LogP contribution >= 0.6 is 0 Å². The molecule has 0 unspecified atom stereocenters. The topological polar surface area (TPSA) is 67.3 Å². The van der Waals surface area contributed by atoms with Crippen LogP contribution in [0.25, 0.3) is 11.3 Å². The molecule has 1 N–H and O–H groups in total. The van der Waals surface area contributed by atoms with Crippen LogP contribution in [0.15, 0.2) is 53.3 Å². The minimum absolute atomic E-state index is 0.504. The summed E-state index contributed by atoms with van der Waals surface area (Å²) in [6.07, 6.45) is 5.82. The summed E-state index contributed by atoms with van der Waals surface area (Å²) in [5.74, 6) is 1.83. The molecule has 0 atom stereocenters. The summed E-state index contributed by atoms with van der Waals surface area (Å²) in [4.78, 5) is 6.81. The van der Waals surface area contributed by atoms with Crippen LogP contribution in [-0.2, 0) is 19.5 Å². The van der Waals surface area contributed by atoms with Gasteiger partial charge in [0.15, 0.2) is 0 Å². The summed E-state index contributed by atoms with van der Waals surface area (Å²) in [7, 11) is 0. The number of imidazole rings is 1. The monoisotopic (exact) mass is 366 g/mol. The molecule has 0 amide bonds. The van der Waals surface area contributed by atoms with Crippen LogP contribution in [0, 0.1) is 0 Å². The van der Waals surface area contributed by atoms with Gasteiger partial charge in [0.2, 0.25) is 0 Å². The molecule has 4 rings (SSSR count). The fourth-order valence-electron chi connectivity index (χ4n) is 3.75. The van der Waals surface area contributed by atoms with Crippen LogP contribution in [0.2, 0.25) is 0 Å². The van der Waals surface area contributed by atoms with Gasteiger partial charge in [0.1, 0.15) is 17.3 Å². The maximum atomic E-state index is 11.0. The van der Waals surface area contributed by atoms with Crippen LogP contribution in [-0.4, -0.2) is 43.4 Å². The highest BCUT2D eigenvalue weighted by atomic mass is 16.5. The van der Waals surface area contributed by atoms with E-state index >= 15 is 0 Å². The van der Waals surface area contributed by atoms with E-state index in [2.05, 4.69) is 26.5 Å². The average molecular weight is 366 g/mol. The molecule has 0 radical (unpaired) electrons. The number of nitrogens with zero attached hydrogens (tertiary/aromatic N) is 4. The predicted octanol–water partition coefficient (Wildman–Crippen LogP) is 3.13. The second kappa shape index (κ2) is 7.66. The van der Waals surface area contributed by atoms with Crippen LogP contribution in [0.5, 0.6) is 0 Å². The Hall–Kier alpha value is -2.44. The Morgan fingerprint density at radius 3 is 2.70 bits per heavy atom. The molecular formula is C21H26N4O2. The van der Waals surface area contributed by atoms with Crippen LogP contribution in [0.3, 0.4) is 0 Å². The second-order valence-electron chi connectivity index (χ2n) is 7.35. The standard InChI is InChI=1S/C21H26N4O2/c1-2-25-13-10-22-20(25)16-24-11-8-21(26,9-12-24)15-18-14-19(23-27-18)17-6-4-3-5-7-17/h3-7,10,13-14,26H,2,8-9,11-12,15-16H2,1H3. The predicted molar refractivity (Wildman–Crippen MR) is 103 cm³/mol. The minimum atomic E-state index is -0.732. The Bertz CT molecular complexity index is 863. The maximum absolute atomic E-state index is 11.0. The number of rotatable bonds is 6. The summed E-state index contributed by atoms with van der Waals surface area (Å²) in [5, 5.41) is 15.2. The van der Waals surface area contributed by atoms with Crippen LogP contribution in [0.1, 0.15) is 31.4 Å². The van der Waals surface area contributed by atoms with Crippen molar-refractivity contribution in [1.29, 1.82) is 0 Å². The van der Waals surface area contributed by atoms with E-state index in [1.807, 2.05) is 48.8 Å². The van der Waals surface area contributed by atoms with Crippen molar-refractivity contribution in [3.05, 3.63) is 60.4 Å². The lowest BCUT2D eigenvalue weighted by molar-refractivity contribution is -0.0272. The van der Waals surface area contributed by atoms with Gasteiger partial charge in [0.25, 0.3) is 0 Å². The van der Waals surface area contributed by atoms with E-state index in [0.717, 1.165) is 61.9 Å². The first-order valence-electron chi connectivity index (χ1n) is 9.61. The molecule has 142 valence electrons. The molecule has 3 heterocycles. The third-order valence-electron chi connectivity index (χ3n) is 5.43. The van der Waals surface area contributed by atoms with Gasteiger partial charge >= 0.3 is 0 Å². The third kappa shape index (κ3) is 4.12. The summed E-state index contributed by atoms with van der Waals surface area (Å²) < 4.78 is 7.66. The van der Waals surface area contributed by atoms with Gasteiger partial charge in [-0.05, 0) is 19.8 Å². The first-order chi connectivity index (χ1) is 13.1. The fraction of sp³-hybridized carbons (Fsp3) is 0.429. The number of likely N-dealkylation sites (tertiary alicyclic amines) is 1. The Balaban J connectivity index is 1.35. The van der Waals surface area contributed by atoms with Gasteiger partial charge in [-0.2, -0.15) is 0 Å².